The Balaban J connectivity index is 1.58. The standard InChI is InChI=1S/C21H29ClN4O4S/c1-3-25(4-2)17(18-7-6-14-30-18)15-24-21(27)16-9-12-26(13-10-16)31(28,29)19-8-5-11-23-20(19)22/h5-8,11,14,16-17H,3-4,9-10,12-13,15H2,1-2H3,(H,24,27). The third-order valence-electron chi connectivity index (χ3n) is 5.76. The van der Waals surface area contributed by atoms with Crippen molar-refractivity contribution in [3.05, 3.63) is 47.6 Å². The maximum Gasteiger partial charge on any atom is 0.246 e. The van der Waals surface area contributed by atoms with E-state index in [1.807, 2.05) is 12.1 Å². The number of sulfonamides is 1. The smallest absolute Gasteiger partial charge is 0.246 e. The van der Waals surface area contributed by atoms with Gasteiger partial charge in [-0.15, -0.1) is 0 Å². The second kappa shape index (κ2) is 10.6. The number of nitrogens with zero attached hydrogens (tertiary/aromatic N) is 3. The highest BCUT2D eigenvalue weighted by atomic mass is 35.5. The predicted molar refractivity (Wildman–Crippen MR) is 118 cm³/mol. The Kier molecular flexibility index (Phi) is 8.10. The number of nitrogens with one attached hydrogen (secondary N) is 1. The van der Waals surface area contributed by atoms with Crippen LogP contribution in [0.1, 0.15) is 38.5 Å². The van der Waals surface area contributed by atoms with Crippen molar-refractivity contribution in [3.63, 3.8) is 0 Å². The molecule has 8 nitrogen and oxygen atoms in total. The van der Waals surface area contributed by atoms with Crippen molar-refractivity contribution >= 4 is 27.5 Å². The van der Waals surface area contributed by atoms with Crippen LogP contribution in [0.3, 0.4) is 0 Å². The molecule has 1 fully saturated rings. The molecule has 0 bridgehead atoms. The number of aromatic nitrogens is 1. The highest BCUT2D eigenvalue weighted by molar-refractivity contribution is 7.89. The second-order valence-electron chi connectivity index (χ2n) is 7.47. The van der Waals surface area contributed by atoms with Crippen LogP contribution in [0.4, 0.5) is 0 Å². The number of carbonyl (C=O) groups is 1. The fraction of sp³-hybridized carbons (Fsp3) is 0.524. The zero-order chi connectivity index (χ0) is 22.4. The summed E-state index contributed by atoms with van der Waals surface area (Å²) in [4.78, 5) is 18.9. The summed E-state index contributed by atoms with van der Waals surface area (Å²) >= 11 is 5.98. The number of likely N-dealkylation sites (N-methyl/N-ethyl adjacent to an activating group) is 1. The van der Waals surface area contributed by atoms with Crippen molar-refractivity contribution in [1.29, 1.82) is 0 Å². The van der Waals surface area contributed by atoms with E-state index < -0.39 is 10.0 Å². The lowest BCUT2D eigenvalue weighted by molar-refractivity contribution is -0.126. The van der Waals surface area contributed by atoms with Gasteiger partial charge < -0.3 is 9.73 Å². The van der Waals surface area contributed by atoms with Gasteiger partial charge in [0.2, 0.25) is 15.9 Å². The van der Waals surface area contributed by atoms with Crippen LogP contribution < -0.4 is 5.32 Å². The van der Waals surface area contributed by atoms with Gasteiger partial charge in [-0.3, -0.25) is 9.69 Å². The molecule has 1 atom stereocenters. The van der Waals surface area contributed by atoms with Gasteiger partial charge in [0.25, 0.3) is 0 Å². The quantitative estimate of drug-likeness (QED) is 0.568. The normalized spacial score (nSPS) is 17.0. The van der Waals surface area contributed by atoms with Crippen molar-refractivity contribution in [3.8, 4) is 0 Å². The Hall–Kier alpha value is -1.94. The van der Waals surface area contributed by atoms with Gasteiger partial charge in [0.05, 0.1) is 12.3 Å². The summed E-state index contributed by atoms with van der Waals surface area (Å²) in [6, 6.07) is 6.72. The molecule has 0 spiro atoms. The monoisotopic (exact) mass is 468 g/mol. The summed E-state index contributed by atoms with van der Waals surface area (Å²) in [6.45, 7) is 6.80. The average molecular weight is 469 g/mol. The molecule has 1 aliphatic rings. The van der Waals surface area contributed by atoms with Crippen LogP contribution in [0.5, 0.6) is 0 Å². The second-order valence-corrected chi connectivity index (χ2v) is 9.73. The Morgan fingerprint density at radius 3 is 2.58 bits per heavy atom. The summed E-state index contributed by atoms with van der Waals surface area (Å²) in [6.07, 6.45) is 4.00. The lowest BCUT2D eigenvalue weighted by Crippen LogP contribution is -2.45. The first-order chi connectivity index (χ1) is 14.9. The van der Waals surface area contributed by atoms with Crippen molar-refractivity contribution in [2.75, 3.05) is 32.7 Å². The molecule has 2 aromatic heterocycles. The molecule has 1 unspecified atom stereocenters. The van der Waals surface area contributed by atoms with Gasteiger partial charge in [0.1, 0.15) is 15.8 Å². The fourth-order valence-corrected chi connectivity index (χ4v) is 5.86. The zero-order valence-corrected chi connectivity index (χ0v) is 19.4. The molecule has 2 aromatic rings. The lowest BCUT2D eigenvalue weighted by atomic mass is 9.97. The van der Waals surface area contributed by atoms with Gasteiger partial charge in [-0.1, -0.05) is 25.4 Å². The van der Waals surface area contributed by atoms with E-state index in [-0.39, 0.29) is 41.0 Å². The molecule has 1 aliphatic heterocycles. The molecule has 1 N–H and O–H groups in total. The molecule has 1 amide bonds. The van der Waals surface area contributed by atoms with Crippen LogP contribution in [0.25, 0.3) is 0 Å². The number of hydrogen-bond acceptors (Lipinski definition) is 6. The molecule has 0 aromatic carbocycles. The Morgan fingerprint density at radius 1 is 1.29 bits per heavy atom. The average Bonchev–Trinajstić information content (AvgIpc) is 3.31. The lowest BCUT2D eigenvalue weighted by Gasteiger charge is -2.32. The number of amides is 1. The van der Waals surface area contributed by atoms with E-state index in [1.54, 1.807) is 12.3 Å². The summed E-state index contributed by atoms with van der Waals surface area (Å²) in [5.41, 5.74) is 0. The largest absolute Gasteiger partial charge is 0.468 e. The van der Waals surface area contributed by atoms with E-state index in [4.69, 9.17) is 16.0 Å². The third-order valence-corrected chi connectivity index (χ3v) is 8.11. The van der Waals surface area contributed by atoms with Crippen molar-refractivity contribution in [2.24, 2.45) is 5.92 Å². The van der Waals surface area contributed by atoms with Crippen LogP contribution >= 0.6 is 11.6 Å². The first-order valence-corrected chi connectivity index (χ1v) is 12.4. The highest BCUT2D eigenvalue weighted by Crippen LogP contribution is 2.27. The molecule has 0 saturated carbocycles. The number of carbonyl (C=O) groups excluding carboxylic acids is 1. The predicted octanol–water partition coefficient (Wildman–Crippen LogP) is 2.93. The molecular formula is C21H29ClN4O4S. The summed E-state index contributed by atoms with van der Waals surface area (Å²) in [5, 5.41) is 3.01. The molecule has 3 heterocycles. The minimum atomic E-state index is -3.73. The summed E-state index contributed by atoms with van der Waals surface area (Å²) < 4.78 is 32.7. The van der Waals surface area contributed by atoms with Crippen LogP contribution in [0.2, 0.25) is 5.15 Å². The van der Waals surface area contributed by atoms with Gasteiger partial charge in [0.15, 0.2) is 0 Å². The third kappa shape index (κ3) is 5.46. The number of pyridine rings is 1. The molecule has 0 aliphatic carbocycles. The van der Waals surface area contributed by atoms with Crippen LogP contribution in [0.15, 0.2) is 46.0 Å². The van der Waals surface area contributed by atoms with Crippen LogP contribution in [-0.4, -0.2) is 61.2 Å². The topological polar surface area (TPSA) is 95.8 Å². The fourth-order valence-electron chi connectivity index (χ4n) is 3.96. The van der Waals surface area contributed by atoms with E-state index in [9.17, 15) is 13.2 Å². The van der Waals surface area contributed by atoms with Gasteiger partial charge in [-0.2, -0.15) is 4.31 Å². The number of piperidine rings is 1. The number of furan rings is 1. The van der Waals surface area contributed by atoms with Crippen molar-refractivity contribution < 1.29 is 17.6 Å². The molecule has 1 saturated heterocycles. The van der Waals surface area contributed by atoms with E-state index in [0.29, 0.717) is 19.4 Å². The minimum Gasteiger partial charge on any atom is -0.468 e. The Bertz CT molecular complexity index is 956. The molecular weight excluding hydrogens is 440 g/mol. The first kappa shape index (κ1) is 23.7. The van der Waals surface area contributed by atoms with Crippen LogP contribution in [0, 0.1) is 5.92 Å². The molecule has 0 radical (unpaired) electrons. The molecule has 10 heteroatoms. The van der Waals surface area contributed by atoms with Gasteiger partial charge in [0, 0.05) is 31.7 Å². The SMILES string of the molecule is CCN(CC)C(CNC(=O)C1CCN(S(=O)(=O)c2cccnc2Cl)CC1)c1ccco1. The Morgan fingerprint density at radius 2 is 2.00 bits per heavy atom. The van der Waals surface area contributed by atoms with Gasteiger partial charge in [-0.05, 0) is 50.2 Å². The first-order valence-electron chi connectivity index (χ1n) is 10.5. The van der Waals surface area contributed by atoms with E-state index in [0.717, 1.165) is 18.8 Å². The van der Waals surface area contributed by atoms with E-state index >= 15 is 0 Å². The molecule has 31 heavy (non-hydrogen) atoms. The molecule has 3 rings (SSSR count). The van der Waals surface area contributed by atoms with Gasteiger partial charge in [-0.25, -0.2) is 13.4 Å². The number of rotatable bonds is 9. The Labute approximate surface area is 188 Å². The van der Waals surface area contributed by atoms with Gasteiger partial charge >= 0.3 is 0 Å². The van der Waals surface area contributed by atoms with Crippen molar-refractivity contribution in [1.82, 2.24) is 19.5 Å². The summed E-state index contributed by atoms with van der Waals surface area (Å²) in [5.74, 6) is 0.531. The number of hydrogen-bond donors (Lipinski definition) is 1. The van der Waals surface area contributed by atoms with Crippen molar-refractivity contribution in [2.45, 2.75) is 37.6 Å². The number of halogens is 1. The van der Waals surface area contributed by atoms with Crippen LogP contribution in [-0.2, 0) is 14.8 Å². The maximum absolute atomic E-state index is 12.9. The zero-order valence-electron chi connectivity index (χ0n) is 17.8. The maximum atomic E-state index is 12.9. The van der Waals surface area contributed by atoms with E-state index in [1.165, 1.54) is 16.6 Å². The highest BCUT2D eigenvalue weighted by Gasteiger charge is 2.33. The molecule has 170 valence electrons. The minimum absolute atomic E-state index is 0.0000745. The summed E-state index contributed by atoms with van der Waals surface area (Å²) in [7, 11) is -3.73. The van der Waals surface area contributed by atoms with E-state index in [2.05, 4.69) is 29.0 Å².